The van der Waals surface area contributed by atoms with Crippen LogP contribution in [0.4, 0.5) is 5.69 Å². The number of esters is 1. The highest BCUT2D eigenvalue weighted by Crippen LogP contribution is 2.48. The standard InChI is InChI=1S/C18H22ClNO3/c1-2-23-16(21)13-5-4-8-18(12-13)9-10-20(17(18)22)15-7-3-6-14(19)11-15/h3,6-7,11,13H,2,4-5,8-10,12H2,1H3/t13-,18+/m1/s1. The monoisotopic (exact) mass is 335 g/mol. The van der Waals surface area contributed by atoms with Gasteiger partial charge in [0.15, 0.2) is 0 Å². The summed E-state index contributed by atoms with van der Waals surface area (Å²) in [5, 5.41) is 0.629. The van der Waals surface area contributed by atoms with Gasteiger partial charge in [0.05, 0.1) is 17.9 Å². The number of benzene rings is 1. The zero-order valence-electron chi connectivity index (χ0n) is 13.4. The number of hydrogen-bond donors (Lipinski definition) is 0. The van der Waals surface area contributed by atoms with Crippen LogP contribution in [0.15, 0.2) is 24.3 Å². The van der Waals surface area contributed by atoms with Gasteiger partial charge in [-0.3, -0.25) is 9.59 Å². The minimum atomic E-state index is -0.405. The molecular weight excluding hydrogens is 314 g/mol. The first-order valence-corrected chi connectivity index (χ1v) is 8.68. The van der Waals surface area contributed by atoms with E-state index in [1.807, 2.05) is 30.0 Å². The van der Waals surface area contributed by atoms with Gasteiger partial charge in [-0.25, -0.2) is 0 Å². The number of nitrogens with zero attached hydrogens (tertiary/aromatic N) is 1. The van der Waals surface area contributed by atoms with E-state index in [9.17, 15) is 9.59 Å². The Morgan fingerprint density at radius 2 is 2.26 bits per heavy atom. The molecule has 2 aliphatic rings. The van der Waals surface area contributed by atoms with Gasteiger partial charge in [-0.2, -0.15) is 0 Å². The van der Waals surface area contributed by atoms with Crippen LogP contribution in [-0.2, 0) is 14.3 Å². The Morgan fingerprint density at radius 3 is 3.00 bits per heavy atom. The number of hydrogen-bond acceptors (Lipinski definition) is 3. The molecule has 2 atom stereocenters. The molecule has 2 fully saturated rings. The largest absolute Gasteiger partial charge is 0.466 e. The lowest BCUT2D eigenvalue weighted by atomic mass is 9.68. The zero-order chi connectivity index (χ0) is 16.4. The Kier molecular flexibility index (Phi) is 4.62. The third kappa shape index (κ3) is 3.09. The van der Waals surface area contributed by atoms with E-state index in [-0.39, 0.29) is 17.8 Å². The SMILES string of the molecule is CCOC(=O)[C@@H]1CCC[C@]2(CCN(c3cccc(Cl)c3)C2=O)C1. The van der Waals surface area contributed by atoms with Crippen LogP contribution in [0.25, 0.3) is 0 Å². The second-order valence-corrected chi connectivity index (χ2v) is 6.95. The Bertz CT molecular complexity index is 618. The summed E-state index contributed by atoms with van der Waals surface area (Å²) in [5.41, 5.74) is 0.440. The van der Waals surface area contributed by atoms with Crippen LogP contribution in [0.5, 0.6) is 0 Å². The van der Waals surface area contributed by atoms with Crippen molar-refractivity contribution >= 4 is 29.2 Å². The van der Waals surface area contributed by atoms with Crippen LogP contribution in [0.2, 0.25) is 5.02 Å². The molecule has 124 valence electrons. The average Bonchev–Trinajstić information content (AvgIpc) is 2.84. The highest BCUT2D eigenvalue weighted by Gasteiger charge is 2.50. The van der Waals surface area contributed by atoms with Crippen LogP contribution < -0.4 is 4.90 Å². The fourth-order valence-electron chi connectivity index (χ4n) is 3.96. The molecule has 1 aromatic carbocycles. The normalized spacial score (nSPS) is 27.5. The minimum Gasteiger partial charge on any atom is -0.466 e. The quantitative estimate of drug-likeness (QED) is 0.789. The lowest BCUT2D eigenvalue weighted by Gasteiger charge is -2.35. The maximum Gasteiger partial charge on any atom is 0.308 e. The molecule has 1 saturated carbocycles. The van der Waals surface area contributed by atoms with Crippen molar-refractivity contribution in [3.05, 3.63) is 29.3 Å². The molecule has 0 unspecified atom stereocenters. The zero-order valence-corrected chi connectivity index (χ0v) is 14.1. The van der Waals surface area contributed by atoms with Crippen LogP contribution in [0.1, 0.15) is 39.0 Å². The molecule has 1 saturated heterocycles. The van der Waals surface area contributed by atoms with Gasteiger partial charge in [0.2, 0.25) is 5.91 Å². The smallest absolute Gasteiger partial charge is 0.308 e. The van der Waals surface area contributed by atoms with E-state index in [2.05, 4.69) is 0 Å². The number of ether oxygens (including phenoxy) is 1. The molecule has 1 aliphatic carbocycles. The first-order chi connectivity index (χ1) is 11.1. The first kappa shape index (κ1) is 16.3. The molecule has 1 aromatic rings. The van der Waals surface area contributed by atoms with Gasteiger partial charge in [0.25, 0.3) is 0 Å². The highest BCUT2D eigenvalue weighted by molar-refractivity contribution is 6.31. The van der Waals surface area contributed by atoms with Crippen molar-refractivity contribution in [2.45, 2.75) is 39.0 Å². The Labute approximate surface area is 141 Å². The molecule has 3 rings (SSSR count). The van der Waals surface area contributed by atoms with Crippen molar-refractivity contribution in [2.24, 2.45) is 11.3 Å². The molecule has 0 aromatic heterocycles. The molecule has 23 heavy (non-hydrogen) atoms. The molecule has 1 aliphatic heterocycles. The van der Waals surface area contributed by atoms with E-state index in [0.29, 0.717) is 24.6 Å². The number of carbonyl (C=O) groups excluding carboxylic acids is 2. The molecule has 0 bridgehead atoms. The van der Waals surface area contributed by atoms with Crippen LogP contribution >= 0.6 is 11.6 Å². The van der Waals surface area contributed by atoms with E-state index in [4.69, 9.17) is 16.3 Å². The number of anilines is 1. The van der Waals surface area contributed by atoms with Crippen LogP contribution in [0.3, 0.4) is 0 Å². The third-order valence-corrected chi connectivity index (χ3v) is 5.33. The average molecular weight is 336 g/mol. The fraction of sp³-hybridized carbons (Fsp3) is 0.556. The summed E-state index contributed by atoms with van der Waals surface area (Å²) in [5.74, 6) is -0.165. The Morgan fingerprint density at radius 1 is 1.43 bits per heavy atom. The molecule has 0 radical (unpaired) electrons. The topological polar surface area (TPSA) is 46.6 Å². The molecular formula is C18H22ClNO3. The van der Waals surface area contributed by atoms with Crippen molar-refractivity contribution in [3.8, 4) is 0 Å². The van der Waals surface area contributed by atoms with E-state index in [1.165, 1.54) is 0 Å². The van der Waals surface area contributed by atoms with Crippen molar-refractivity contribution in [2.75, 3.05) is 18.1 Å². The van der Waals surface area contributed by atoms with E-state index >= 15 is 0 Å². The molecule has 4 nitrogen and oxygen atoms in total. The lowest BCUT2D eigenvalue weighted by molar-refractivity contribution is -0.151. The van der Waals surface area contributed by atoms with Gasteiger partial charge in [-0.15, -0.1) is 0 Å². The second-order valence-electron chi connectivity index (χ2n) is 6.51. The van der Waals surface area contributed by atoms with Gasteiger partial charge in [-0.1, -0.05) is 24.1 Å². The number of rotatable bonds is 3. The minimum absolute atomic E-state index is 0.133. The summed E-state index contributed by atoms with van der Waals surface area (Å²) in [6, 6.07) is 7.40. The molecule has 0 N–H and O–H groups in total. The molecule has 1 spiro atoms. The van der Waals surface area contributed by atoms with Gasteiger partial charge >= 0.3 is 5.97 Å². The summed E-state index contributed by atoms with van der Waals surface area (Å²) in [7, 11) is 0. The molecule has 1 heterocycles. The van der Waals surface area contributed by atoms with E-state index in [0.717, 1.165) is 31.4 Å². The van der Waals surface area contributed by atoms with Gasteiger partial charge < -0.3 is 9.64 Å². The number of halogens is 1. The summed E-state index contributed by atoms with van der Waals surface area (Å²) >= 11 is 6.05. The molecule has 1 amide bonds. The van der Waals surface area contributed by atoms with Crippen molar-refractivity contribution < 1.29 is 14.3 Å². The Hall–Kier alpha value is -1.55. The predicted octanol–water partition coefficient (Wildman–Crippen LogP) is 3.82. The highest BCUT2D eigenvalue weighted by atomic mass is 35.5. The van der Waals surface area contributed by atoms with Gasteiger partial charge in [-0.05, 0) is 50.8 Å². The summed E-state index contributed by atoms with van der Waals surface area (Å²) in [4.78, 5) is 26.9. The van der Waals surface area contributed by atoms with Gasteiger partial charge in [0.1, 0.15) is 0 Å². The van der Waals surface area contributed by atoms with Crippen LogP contribution in [-0.4, -0.2) is 25.0 Å². The molecule has 5 heteroatoms. The number of carbonyl (C=O) groups is 2. The van der Waals surface area contributed by atoms with Gasteiger partial charge in [0, 0.05) is 17.3 Å². The van der Waals surface area contributed by atoms with E-state index in [1.54, 1.807) is 6.07 Å². The van der Waals surface area contributed by atoms with Crippen molar-refractivity contribution in [3.63, 3.8) is 0 Å². The first-order valence-electron chi connectivity index (χ1n) is 8.30. The van der Waals surface area contributed by atoms with Crippen LogP contribution in [0, 0.1) is 11.3 Å². The fourth-order valence-corrected chi connectivity index (χ4v) is 4.14. The summed E-state index contributed by atoms with van der Waals surface area (Å²) in [6.07, 6.45) is 4.00. The number of amides is 1. The Balaban J connectivity index is 1.78. The predicted molar refractivity (Wildman–Crippen MR) is 89.4 cm³/mol. The van der Waals surface area contributed by atoms with E-state index < -0.39 is 5.41 Å². The maximum absolute atomic E-state index is 13.1. The third-order valence-electron chi connectivity index (χ3n) is 5.10. The maximum atomic E-state index is 13.1. The summed E-state index contributed by atoms with van der Waals surface area (Å²) in [6.45, 7) is 2.90. The van der Waals surface area contributed by atoms with Crippen molar-refractivity contribution in [1.29, 1.82) is 0 Å². The summed E-state index contributed by atoms with van der Waals surface area (Å²) < 4.78 is 5.17. The van der Waals surface area contributed by atoms with Crippen molar-refractivity contribution in [1.82, 2.24) is 0 Å². The lowest BCUT2D eigenvalue weighted by Crippen LogP contribution is -2.40. The second kappa shape index (κ2) is 6.52.